The lowest BCUT2D eigenvalue weighted by molar-refractivity contribution is 0.0690. The Morgan fingerprint density at radius 1 is 0.623 bits per heavy atom. The van der Waals surface area contributed by atoms with Crippen LogP contribution < -0.4 is 18.9 Å². The number of carboxylic acids is 1. The van der Waals surface area contributed by atoms with Crippen molar-refractivity contribution >= 4 is 81.2 Å². The monoisotopic (exact) mass is 1020 g/mol. The number of rotatable bonds is 19. The fourth-order valence-corrected chi connectivity index (χ4v) is 8.23. The van der Waals surface area contributed by atoms with Crippen molar-refractivity contribution in [3.63, 3.8) is 0 Å². The molecule has 6 rings (SSSR count). The number of aromatic carboxylic acids is 1. The van der Waals surface area contributed by atoms with E-state index in [1.165, 1.54) is 38.3 Å². The molecule has 0 saturated carbocycles. The van der Waals surface area contributed by atoms with Gasteiger partial charge in [0.25, 0.3) is 30.4 Å². The number of phenols is 1. The Balaban J connectivity index is 1.47. The van der Waals surface area contributed by atoms with Crippen LogP contribution >= 0.6 is 0 Å². The second-order valence-corrected chi connectivity index (χ2v) is 18.0. The maximum absolute atomic E-state index is 12.7. The molecule has 0 fully saturated rings. The number of aromatic hydroxyl groups is 2. The Hall–Kier alpha value is -7.71. The first-order valence-electron chi connectivity index (χ1n) is 19.1. The number of benzene rings is 5. The topological polar surface area (TPSA) is 410 Å². The first-order chi connectivity index (χ1) is 32.5. The number of aliphatic hydroxyl groups excluding tert-OH is 2. The van der Waals surface area contributed by atoms with Gasteiger partial charge < -0.3 is 44.5 Å². The molecule has 6 aromatic rings. The minimum absolute atomic E-state index is 0.00738. The lowest BCUT2D eigenvalue weighted by atomic mass is 10.1. The summed E-state index contributed by atoms with van der Waals surface area (Å²) in [5, 5.41) is 79.1. The second-order valence-electron chi connectivity index (χ2n) is 13.8. The van der Waals surface area contributed by atoms with Gasteiger partial charge in [0.2, 0.25) is 11.6 Å². The highest BCUT2D eigenvalue weighted by Gasteiger charge is 2.27. The molecule has 364 valence electrons. The molecule has 27 nitrogen and oxygen atoms in total. The molecule has 30 heteroatoms. The SMILES string of the molecule is COc1ccc(N=Nc2cc(OCCO)c(N=Nc3c(S(=O)(=O)O)cc4ccc(-n5nc(C(=O)O)c(N=Nc6cc(C)c(S(=O)(=O)O)cc6OC)c5O)cc4c3O)cc2OCCO)c(S(=O)(=O)O)c1. The summed E-state index contributed by atoms with van der Waals surface area (Å²) in [7, 11) is -12.3. The van der Waals surface area contributed by atoms with Crippen molar-refractivity contribution in [2.45, 2.75) is 21.6 Å². The predicted octanol–water partition coefficient (Wildman–Crippen LogP) is 6.19. The molecule has 0 saturated heterocycles. The number of aryl methyl sites for hydroxylation is 1. The highest BCUT2D eigenvalue weighted by molar-refractivity contribution is 7.86. The summed E-state index contributed by atoms with van der Waals surface area (Å²) < 4.78 is 125. The minimum Gasteiger partial charge on any atom is -0.505 e. The van der Waals surface area contributed by atoms with Crippen molar-refractivity contribution < 1.29 is 88.2 Å². The van der Waals surface area contributed by atoms with E-state index in [1.807, 2.05) is 0 Å². The second kappa shape index (κ2) is 20.3. The third-order valence-electron chi connectivity index (χ3n) is 9.32. The number of aliphatic hydroxyl groups is 2. The van der Waals surface area contributed by atoms with E-state index in [0.29, 0.717) is 4.68 Å². The van der Waals surface area contributed by atoms with Crippen molar-refractivity contribution in [1.29, 1.82) is 0 Å². The van der Waals surface area contributed by atoms with E-state index in [9.17, 15) is 69.2 Å². The number of aromatic nitrogens is 2. The summed E-state index contributed by atoms with van der Waals surface area (Å²) in [4.78, 5) is 10.1. The molecule has 1 aromatic heterocycles. The molecular weight excluding hydrogens is 981 g/mol. The number of carboxylic acid groups (broad SMARTS) is 1. The number of methoxy groups -OCH3 is 2. The molecule has 0 spiro atoms. The van der Waals surface area contributed by atoms with E-state index in [0.717, 1.165) is 49.6 Å². The van der Waals surface area contributed by atoms with Crippen LogP contribution in [0.1, 0.15) is 16.1 Å². The lowest BCUT2D eigenvalue weighted by Crippen LogP contribution is -2.04. The Labute approximate surface area is 389 Å². The van der Waals surface area contributed by atoms with Crippen LogP contribution in [0.15, 0.2) is 112 Å². The van der Waals surface area contributed by atoms with Gasteiger partial charge in [-0.05, 0) is 54.3 Å². The number of ether oxygens (including phenoxy) is 4. The molecule has 69 heavy (non-hydrogen) atoms. The van der Waals surface area contributed by atoms with E-state index >= 15 is 0 Å². The minimum atomic E-state index is -5.21. The summed E-state index contributed by atoms with van der Waals surface area (Å²) in [6, 6.07) is 12.2. The van der Waals surface area contributed by atoms with E-state index in [-0.39, 0.29) is 81.0 Å². The number of carbonyl (C=O) groups is 1. The highest BCUT2D eigenvalue weighted by Crippen LogP contribution is 2.46. The van der Waals surface area contributed by atoms with Crippen LogP contribution in [0, 0.1) is 6.92 Å². The zero-order valence-electron chi connectivity index (χ0n) is 35.6. The Kier molecular flexibility index (Phi) is 14.9. The van der Waals surface area contributed by atoms with Crippen LogP contribution in [-0.4, -0.2) is 121 Å². The quantitative estimate of drug-likeness (QED) is 0.0331. The van der Waals surface area contributed by atoms with Crippen molar-refractivity contribution in [3.8, 4) is 40.3 Å². The Bertz CT molecular complexity index is 3450. The zero-order valence-corrected chi connectivity index (χ0v) is 38.0. The van der Waals surface area contributed by atoms with Gasteiger partial charge in [-0.15, -0.1) is 30.7 Å². The van der Waals surface area contributed by atoms with Gasteiger partial charge in [0.15, 0.2) is 11.4 Å². The van der Waals surface area contributed by atoms with Crippen molar-refractivity contribution in [2.24, 2.45) is 30.7 Å². The molecule has 0 aliphatic heterocycles. The van der Waals surface area contributed by atoms with Gasteiger partial charge in [0.05, 0.1) is 33.1 Å². The van der Waals surface area contributed by atoms with Crippen LogP contribution in [0.3, 0.4) is 0 Å². The van der Waals surface area contributed by atoms with Gasteiger partial charge in [-0.2, -0.15) is 35.0 Å². The summed E-state index contributed by atoms with van der Waals surface area (Å²) in [6.45, 7) is -0.499. The molecule has 0 radical (unpaired) electrons. The molecule has 0 amide bonds. The van der Waals surface area contributed by atoms with E-state index in [2.05, 4.69) is 35.8 Å². The van der Waals surface area contributed by atoms with Gasteiger partial charge in [-0.1, -0.05) is 6.07 Å². The van der Waals surface area contributed by atoms with Crippen LogP contribution in [0.25, 0.3) is 16.5 Å². The summed E-state index contributed by atoms with van der Waals surface area (Å²) >= 11 is 0. The molecule has 5 aromatic carbocycles. The fourth-order valence-electron chi connectivity index (χ4n) is 6.21. The number of nitrogens with zero attached hydrogens (tertiary/aromatic N) is 8. The number of fused-ring (bicyclic) bond motifs is 1. The van der Waals surface area contributed by atoms with E-state index in [1.54, 1.807) is 0 Å². The molecule has 0 aliphatic carbocycles. The smallest absolute Gasteiger partial charge is 0.358 e. The molecule has 0 unspecified atom stereocenters. The summed E-state index contributed by atoms with van der Waals surface area (Å²) in [5.74, 6) is -4.18. The molecular formula is C39H36N8O19S3. The molecule has 0 bridgehead atoms. The van der Waals surface area contributed by atoms with Crippen molar-refractivity contribution in [2.75, 3.05) is 40.6 Å². The van der Waals surface area contributed by atoms with Gasteiger partial charge in [-0.25, -0.2) is 4.79 Å². The van der Waals surface area contributed by atoms with E-state index in [4.69, 9.17) is 18.9 Å². The zero-order chi connectivity index (χ0) is 50.6. The van der Waals surface area contributed by atoms with Crippen LogP contribution in [-0.2, 0) is 30.4 Å². The lowest BCUT2D eigenvalue weighted by Gasteiger charge is -2.13. The number of hydrogen-bond acceptors (Lipinski definition) is 22. The third kappa shape index (κ3) is 11.2. The van der Waals surface area contributed by atoms with Gasteiger partial charge >= 0.3 is 5.97 Å². The highest BCUT2D eigenvalue weighted by atomic mass is 32.2. The van der Waals surface area contributed by atoms with Gasteiger partial charge in [0, 0.05) is 29.7 Å². The number of azo groups is 3. The van der Waals surface area contributed by atoms with Crippen LogP contribution in [0.5, 0.6) is 34.6 Å². The average Bonchev–Trinajstić information content (AvgIpc) is 3.63. The summed E-state index contributed by atoms with van der Waals surface area (Å²) in [5.41, 5.74) is -3.59. The number of hydrogen-bond donors (Lipinski definition) is 8. The van der Waals surface area contributed by atoms with Crippen LogP contribution in [0.4, 0.5) is 34.1 Å². The van der Waals surface area contributed by atoms with Crippen molar-refractivity contribution in [1.82, 2.24) is 9.78 Å². The summed E-state index contributed by atoms with van der Waals surface area (Å²) in [6.07, 6.45) is 0. The third-order valence-corrected chi connectivity index (χ3v) is 12.1. The largest absolute Gasteiger partial charge is 0.505 e. The number of phenolic OH excluding ortho intramolecular Hbond substituents is 1. The van der Waals surface area contributed by atoms with Gasteiger partial charge in [-0.3, -0.25) is 13.7 Å². The van der Waals surface area contributed by atoms with Crippen molar-refractivity contribution in [3.05, 3.63) is 78.0 Å². The van der Waals surface area contributed by atoms with Crippen LogP contribution in [0.2, 0.25) is 0 Å². The fraction of sp³-hybridized carbons (Fsp3) is 0.179. The Morgan fingerprint density at radius 2 is 1.17 bits per heavy atom. The van der Waals surface area contributed by atoms with Gasteiger partial charge in [0.1, 0.15) is 79.3 Å². The maximum Gasteiger partial charge on any atom is 0.358 e. The predicted molar refractivity (Wildman–Crippen MR) is 236 cm³/mol. The molecule has 8 N–H and O–H groups in total. The Morgan fingerprint density at radius 3 is 1.71 bits per heavy atom. The maximum atomic E-state index is 12.7. The average molecular weight is 1020 g/mol. The normalized spacial score (nSPS) is 12.4. The molecule has 1 heterocycles. The van der Waals surface area contributed by atoms with E-state index < -0.39 is 92.9 Å². The first-order valence-corrected chi connectivity index (χ1v) is 23.4. The standard InChI is InChI=1S/C39H36N8O19S3/c1-19-12-25(28(64-3)18-31(19)67(54,55)56)42-45-35-36(39(52)53)46-47(38(35)51)21-5-4-20-13-33(69(60,61)62)34(37(50)23(20)14-21)44-43-27-17-29(65-10-8-48)26(16-30(27)66-11-9-49)41-40-24-7-6-22(63-2)15-32(24)68(57,58)59/h4-7,12-18,48-51H,8-11H2,1-3H3,(H,52,53)(H,54,55,56)(H,57,58,59)(H,60,61,62). The molecule has 0 atom stereocenters. The molecule has 0 aliphatic rings. The first kappa shape index (κ1) is 50.7.